The number of aryl methyl sites for hydroxylation is 1. The maximum Gasteiger partial charge on any atom is 0.131 e. The van der Waals surface area contributed by atoms with Gasteiger partial charge >= 0.3 is 0 Å². The zero-order valence-electron chi connectivity index (χ0n) is 12.2. The minimum Gasteiger partial charge on any atom is -0.356 e. The van der Waals surface area contributed by atoms with Gasteiger partial charge in [-0.05, 0) is 55.3 Å². The van der Waals surface area contributed by atoms with Crippen LogP contribution in [0.25, 0.3) is 0 Å². The lowest BCUT2D eigenvalue weighted by Gasteiger charge is -2.21. The third-order valence-corrected chi connectivity index (χ3v) is 4.71. The van der Waals surface area contributed by atoms with E-state index in [4.69, 9.17) is 4.98 Å². The molecule has 1 saturated carbocycles. The van der Waals surface area contributed by atoms with E-state index in [0.717, 1.165) is 24.9 Å². The fourth-order valence-corrected chi connectivity index (χ4v) is 3.73. The molecule has 1 saturated heterocycles. The van der Waals surface area contributed by atoms with Crippen molar-refractivity contribution in [1.82, 2.24) is 10.3 Å². The number of nitrogens with one attached hydrogen (secondary N) is 1. The van der Waals surface area contributed by atoms with Crippen molar-refractivity contribution in [1.29, 1.82) is 0 Å². The molecule has 2 heterocycles. The third-order valence-electron chi connectivity index (χ3n) is 4.71. The predicted molar refractivity (Wildman–Crippen MR) is 79.4 cm³/mol. The van der Waals surface area contributed by atoms with Crippen LogP contribution in [0.5, 0.6) is 0 Å². The number of hydrogen-bond acceptors (Lipinski definition) is 3. The summed E-state index contributed by atoms with van der Waals surface area (Å²) in [5.74, 6) is 3.08. The Labute approximate surface area is 116 Å². The van der Waals surface area contributed by atoms with Crippen LogP contribution in [0.3, 0.4) is 0 Å². The monoisotopic (exact) mass is 259 g/mol. The summed E-state index contributed by atoms with van der Waals surface area (Å²) >= 11 is 0. The molecule has 0 bridgehead atoms. The summed E-state index contributed by atoms with van der Waals surface area (Å²) in [4.78, 5) is 7.24. The summed E-state index contributed by atoms with van der Waals surface area (Å²) in [6.45, 7) is 8.73. The van der Waals surface area contributed by atoms with Crippen molar-refractivity contribution in [2.75, 3.05) is 24.5 Å². The zero-order chi connectivity index (χ0) is 13.2. The quantitative estimate of drug-likeness (QED) is 0.901. The first kappa shape index (κ1) is 12.9. The summed E-state index contributed by atoms with van der Waals surface area (Å²) in [5.41, 5.74) is 2.62. The molecule has 3 rings (SSSR count). The molecule has 19 heavy (non-hydrogen) atoms. The molecule has 0 aromatic carbocycles. The van der Waals surface area contributed by atoms with Crippen LogP contribution in [0, 0.1) is 18.8 Å². The van der Waals surface area contributed by atoms with Crippen LogP contribution in [0.15, 0.2) is 12.3 Å². The molecule has 2 aliphatic rings. The van der Waals surface area contributed by atoms with E-state index < -0.39 is 0 Å². The highest BCUT2D eigenvalue weighted by Gasteiger charge is 2.36. The number of hydrogen-bond donors (Lipinski definition) is 1. The minimum atomic E-state index is 0.926. The van der Waals surface area contributed by atoms with E-state index in [1.165, 1.54) is 49.3 Å². The molecule has 2 fully saturated rings. The van der Waals surface area contributed by atoms with Gasteiger partial charge in [-0.15, -0.1) is 0 Å². The van der Waals surface area contributed by atoms with Crippen LogP contribution in [0.1, 0.15) is 37.3 Å². The van der Waals surface area contributed by atoms with Crippen LogP contribution >= 0.6 is 0 Å². The van der Waals surface area contributed by atoms with E-state index in [9.17, 15) is 0 Å². The summed E-state index contributed by atoms with van der Waals surface area (Å²) in [7, 11) is 0. The number of rotatable bonds is 4. The van der Waals surface area contributed by atoms with Crippen molar-refractivity contribution >= 4 is 5.82 Å². The Morgan fingerprint density at radius 1 is 1.32 bits per heavy atom. The van der Waals surface area contributed by atoms with E-state index >= 15 is 0 Å². The van der Waals surface area contributed by atoms with Gasteiger partial charge < -0.3 is 10.2 Å². The second kappa shape index (κ2) is 5.49. The van der Waals surface area contributed by atoms with Gasteiger partial charge in [-0.25, -0.2) is 4.98 Å². The van der Waals surface area contributed by atoms with Crippen LogP contribution in [0.2, 0.25) is 0 Å². The van der Waals surface area contributed by atoms with Crippen molar-refractivity contribution in [3.05, 3.63) is 23.4 Å². The molecule has 1 aliphatic heterocycles. The van der Waals surface area contributed by atoms with E-state index in [1.807, 2.05) is 6.20 Å². The summed E-state index contributed by atoms with van der Waals surface area (Å²) in [6.07, 6.45) is 6.34. The highest BCUT2D eigenvalue weighted by molar-refractivity contribution is 5.48. The van der Waals surface area contributed by atoms with E-state index in [0.29, 0.717) is 0 Å². The zero-order valence-corrected chi connectivity index (χ0v) is 12.2. The van der Waals surface area contributed by atoms with Crippen LogP contribution in [-0.2, 0) is 6.54 Å². The smallest absolute Gasteiger partial charge is 0.131 e. The molecule has 1 aromatic heterocycles. The van der Waals surface area contributed by atoms with Gasteiger partial charge in [0.25, 0.3) is 0 Å². The highest BCUT2D eigenvalue weighted by Crippen LogP contribution is 2.39. The van der Waals surface area contributed by atoms with Gasteiger partial charge in [0.15, 0.2) is 0 Å². The van der Waals surface area contributed by atoms with Crippen LogP contribution in [0.4, 0.5) is 5.82 Å². The fraction of sp³-hybridized carbons (Fsp3) is 0.688. The number of aromatic nitrogens is 1. The van der Waals surface area contributed by atoms with Crippen LogP contribution in [-0.4, -0.2) is 24.6 Å². The van der Waals surface area contributed by atoms with Crippen molar-refractivity contribution in [3.63, 3.8) is 0 Å². The molecular weight excluding hydrogens is 234 g/mol. The first-order valence-electron chi connectivity index (χ1n) is 7.69. The predicted octanol–water partition coefficient (Wildman–Crippen LogP) is 2.74. The second-order valence-corrected chi connectivity index (χ2v) is 6.12. The van der Waals surface area contributed by atoms with E-state index in [1.54, 1.807) is 0 Å². The van der Waals surface area contributed by atoms with Gasteiger partial charge in [-0.3, -0.25) is 0 Å². The Kier molecular flexibility index (Phi) is 3.74. The SMILES string of the molecule is CCNCc1cnc(N2CC3CCCC3C2)c(C)c1. The second-order valence-electron chi connectivity index (χ2n) is 6.12. The van der Waals surface area contributed by atoms with Gasteiger partial charge in [0, 0.05) is 25.8 Å². The Morgan fingerprint density at radius 3 is 2.68 bits per heavy atom. The molecule has 2 atom stereocenters. The molecule has 0 amide bonds. The van der Waals surface area contributed by atoms with Crippen molar-refractivity contribution in [2.45, 2.75) is 39.7 Å². The topological polar surface area (TPSA) is 28.2 Å². The molecule has 0 spiro atoms. The number of pyridine rings is 1. The molecular formula is C16H25N3. The van der Waals surface area contributed by atoms with Crippen molar-refractivity contribution < 1.29 is 0 Å². The van der Waals surface area contributed by atoms with Gasteiger partial charge in [0.05, 0.1) is 0 Å². The minimum absolute atomic E-state index is 0.926. The molecule has 1 aliphatic carbocycles. The Bertz CT molecular complexity index is 432. The molecule has 1 N–H and O–H groups in total. The first-order chi connectivity index (χ1) is 9.28. The molecule has 104 valence electrons. The van der Waals surface area contributed by atoms with E-state index in [-0.39, 0.29) is 0 Å². The molecule has 3 heteroatoms. The largest absolute Gasteiger partial charge is 0.356 e. The lowest BCUT2D eigenvalue weighted by Crippen LogP contribution is -2.23. The Balaban J connectivity index is 1.71. The van der Waals surface area contributed by atoms with Gasteiger partial charge in [0.1, 0.15) is 5.82 Å². The summed E-state index contributed by atoms with van der Waals surface area (Å²) in [5, 5.41) is 3.36. The summed E-state index contributed by atoms with van der Waals surface area (Å²) < 4.78 is 0. The van der Waals surface area contributed by atoms with Crippen molar-refractivity contribution in [3.8, 4) is 0 Å². The standard InChI is InChI=1S/C16H25N3/c1-3-17-8-13-7-12(2)16(18-9-13)19-10-14-5-4-6-15(14)11-19/h7,9,14-15,17H,3-6,8,10-11H2,1-2H3. The number of nitrogens with zero attached hydrogens (tertiary/aromatic N) is 2. The average Bonchev–Trinajstić information content (AvgIpc) is 2.97. The number of fused-ring (bicyclic) bond motifs is 1. The summed E-state index contributed by atoms with van der Waals surface area (Å²) in [6, 6.07) is 2.29. The third kappa shape index (κ3) is 2.62. The number of anilines is 1. The molecule has 2 unspecified atom stereocenters. The lowest BCUT2D eigenvalue weighted by atomic mass is 10.0. The van der Waals surface area contributed by atoms with E-state index in [2.05, 4.69) is 30.1 Å². The van der Waals surface area contributed by atoms with Gasteiger partial charge in [-0.1, -0.05) is 13.3 Å². The average molecular weight is 259 g/mol. The van der Waals surface area contributed by atoms with Crippen LogP contribution < -0.4 is 10.2 Å². The maximum absolute atomic E-state index is 4.73. The lowest BCUT2D eigenvalue weighted by molar-refractivity contribution is 0.494. The van der Waals surface area contributed by atoms with Gasteiger partial charge in [-0.2, -0.15) is 0 Å². The molecule has 3 nitrogen and oxygen atoms in total. The highest BCUT2D eigenvalue weighted by atomic mass is 15.2. The Hall–Kier alpha value is -1.09. The Morgan fingerprint density at radius 2 is 2.05 bits per heavy atom. The molecule has 1 aromatic rings. The van der Waals surface area contributed by atoms with Crippen molar-refractivity contribution in [2.24, 2.45) is 11.8 Å². The normalized spacial score (nSPS) is 25.9. The fourth-order valence-electron chi connectivity index (χ4n) is 3.73. The molecule has 0 radical (unpaired) electrons. The van der Waals surface area contributed by atoms with Gasteiger partial charge in [0.2, 0.25) is 0 Å². The first-order valence-corrected chi connectivity index (χ1v) is 7.69. The maximum atomic E-state index is 4.73.